The van der Waals surface area contributed by atoms with Gasteiger partial charge in [-0.25, -0.2) is 4.98 Å². The Morgan fingerprint density at radius 2 is 2.05 bits per heavy atom. The maximum absolute atomic E-state index is 12.5. The molecule has 0 aliphatic rings. The first kappa shape index (κ1) is 15.3. The van der Waals surface area contributed by atoms with Crippen molar-refractivity contribution in [2.75, 3.05) is 26.0 Å². The lowest BCUT2D eigenvalue weighted by Gasteiger charge is -2.25. The Hall–Kier alpha value is -2.14. The highest BCUT2D eigenvalue weighted by molar-refractivity contribution is 5.99. The number of pyridine rings is 1. The number of nitrogens with one attached hydrogen (secondary N) is 1. The lowest BCUT2D eigenvalue weighted by atomic mass is 10.1. The van der Waals surface area contributed by atoms with Crippen LogP contribution in [0.2, 0.25) is 0 Å². The number of para-hydroxylation sites is 1. The molecule has 0 spiro atoms. The molecule has 1 heterocycles. The molecule has 5 heteroatoms. The van der Waals surface area contributed by atoms with Gasteiger partial charge in [0.2, 0.25) is 0 Å². The molecule has 112 valence electrons. The van der Waals surface area contributed by atoms with E-state index in [0.29, 0.717) is 5.69 Å². The number of carbonyl (C=O) groups is 1. The molecule has 0 fully saturated rings. The highest BCUT2D eigenvalue weighted by Crippen LogP contribution is 2.23. The normalized spacial score (nSPS) is 11.5. The molecule has 0 aliphatic heterocycles. The zero-order valence-corrected chi connectivity index (χ0v) is 12.8. The number of fused-ring (bicyclic) bond motifs is 1. The maximum Gasteiger partial charge on any atom is 0.272 e. The largest absolute Gasteiger partial charge is 0.389 e. The smallest absolute Gasteiger partial charge is 0.272 e. The van der Waals surface area contributed by atoms with E-state index in [4.69, 9.17) is 0 Å². The minimum absolute atomic E-state index is 0.209. The number of aromatic nitrogens is 1. The number of aliphatic hydroxyl groups is 1. The minimum atomic E-state index is -0.937. The molecule has 1 aromatic carbocycles. The number of carbonyl (C=O) groups excluding carboxylic acids is 1. The van der Waals surface area contributed by atoms with Crippen molar-refractivity contribution < 1.29 is 9.90 Å². The van der Waals surface area contributed by atoms with Gasteiger partial charge in [0, 0.05) is 31.7 Å². The van der Waals surface area contributed by atoms with Gasteiger partial charge in [0.15, 0.2) is 0 Å². The molecule has 0 saturated carbocycles. The second-order valence-corrected chi connectivity index (χ2v) is 5.80. The SMILES string of the molecule is CNc1cc(C(=O)N(C)CC(C)(C)O)nc2ccccc12. The highest BCUT2D eigenvalue weighted by atomic mass is 16.3. The first-order valence-electron chi connectivity index (χ1n) is 6.87. The van der Waals surface area contributed by atoms with E-state index in [1.165, 1.54) is 4.90 Å². The molecular formula is C16H21N3O2. The van der Waals surface area contributed by atoms with E-state index in [1.54, 1.807) is 27.0 Å². The summed E-state index contributed by atoms with van der Waals surface area (Å²) in [6, 6.07) is 9.41. The van der Waals surface area contributed by atoms with Crippen molar-refractivity contribution in [3.05, 3.63) is 36.0 Å². The van der Waals surface area contributed by atoms with Crippen LogP contribution >= 0.6 is 0 Å². The highest BCUT2D eigenvalue weighted by Gasteiger charge is 2.22. The zero-order chi connectivity index (χ0) is 15.6. The molecule has 0 bridgehead atoms. The molecular weight excluding hydrogens is 266 g/mol. The van der Waals surface area contributed by atoms with Gasteiger partial charge in [0.25, 0.3) is 5.91 Å². The standard InChI is InChI=1S/C16H21N3O2/c1-16(2,21)10-19(4)15(20)14-9-13(17-3)11-7-5-6-8-12(11)18-14/h5-9,21H,10H2,1-4H3,(H,17,18). The van der Waals surface area contributed by atoms with E-state index in [-0.39, 0.29) is 12.5 Å². The molecule has 1 aromatic heterocycles. The first-order valence-corrected chi connectivity index (χ1v) is 6.87. The number of likely N-dealkylation sites (N-methyl/N-ethyl adjacent to an activating group) is 1. The van der Waals surface area contributed by atoms with Crippen LogP contribution in [0.15, 0.2) is 30.3 Å². The summed E-state index contributed by atoms with van der Waals surface area (Å²) in [6.07, 6.45) is 0. The predicted octanol–water partition coefficient (Wildman–Crippen LogP) is 2.12. The summed E-state index contributed by atoms with van der Waals surface area (Å²) >= 11 is 0. The van der Waals surface area contributed by atoms with Crippen LogP contribution in [0.4, 0.5) is 5.69 Å². The molecule has 5 nitrogen and oxygen atoms in total. The van der Waals surface area contributed by atoms with E-state index in [9.17, 15) is 9.90 Å². The molecule has 0 atom stereocenters. The van der Waals surface area contributed by atoms with Gasteiger partial charge in [-0.2, -0.15) is 0 Å². The monoisotopic (exact) mass is 287 g/mol. The van der Waals surface area contributed by atoms with Gasteiger partial charge in [0.1, 0.15) is 5.69 Å². The van der Waals surface area contributed by atoms with Gasteiger partial charge >= 0.3 is 0 Å². The Morgan fingerprint density at radius 1 is 1.38 bits per heavy atom. The Bertz CT molecular complexity index is 662. The molecule has 2 rings (SSSR count). The third-order valence-corrected chi connectivity index (χ3v) is 3.18. The summed E-state index contributed by atoms with van der Waals surface area (Å²) in [5.41, 5.74) is 1.06. The Kier molecular flexibility index (Phi) is 4.14. The van der Waals surface area contributed by atoms with Gasteiger partial charge < -0.3 is 15.3 Å². The molecule has 2 aromatic rings. The summed E-state index contributed by atoms with van der Waals surface area (Å²) in [5.74, 6) is -0.209. The van der Waals surface area contributed by atoms with Gasteiger partial charge in [-0.15, -0.1) is 0 Å². The van der Waals surface area contributed by atoms with E-state index in [1.807, 2.05) is 31.3 Å². The molecule has 0 saturated heterocycles. The summed E-state index contributed by atoms with van der Waals surface area (Å²) in [6.45, 7) is 3.59. The van der Waals surface area contributed by atoms with Crippen LogP contribution in [-0.4, -0.2) is 47.1 Å². The van der Waals surface area contributed by atoms with Gasteiger partial charge in [0.05, 0.1) is 11.1 Å². The van der Waals surface area contributed by atoms with Crippen molar-refractivity contribution in [2.45, 2.75) is 19.4 Å². The Morgan fingerprint density at radius 3 is 2.67 bits per heavy atom. The average Bonchev–Trinajstić information content (AvgIpc) is 2.43. The maximum atomic E-state index is 12.5. The molecule has 21 heavy (non-hydrogen) atoms. The number of hydrogen-bond acceptors (Lipinski definition) is 4. The van der Waals surface area contributed by atoms with Crippen molar-refractivity contribution in [1.82, 2.24) is 9.88 Å². The van der Waals surface area contributed by atoms with Crippen molar-refractivity contribution >= 4 is 22.5 Å². The number of anilines is 1. The van der Waals surface area contributed by atoms with E-state index in [0.717, 1.165) is 16.6 Å². The fourth-order valence-electron chi connectivity index (χ4n) is 2.34. The van der Waals surface area contributed by atoms with Crippen LogP contribution < -0.4 is 5.32 Å². The van der Waals surface area contributed by atoms with Gasteiger partial charge in [-0.1, -0.05) is 18.2 Å². The third-order valence-electron chi connectivity index (χ3n) is 3.18. The number of hydrogen-bond donors (Lipinski definition) is 2. The first-order chi connectivity index (χ1) is 9.81. The Balaban J connectivity index is 2.40. The lowest BCUT2D eigenvalue weighted by molar-refractivity contribution is 0.0365. The van der Waals surface area contributed by atoms with Crippen molar-refractivity contribution in [3.8, 4) is 0 Å². The van der Waals surface area contributed by atoms with Gasteiger partial charge in [-0.3, -0.25) is 4.79 Å². The summed E-state index contributed by atoms with van der Waals surface area (Å²) in [7, 11) is 3.48. The molecule has 0 unspecified atom stereocenters. The topological polar surface area (TPSA) is 65.5 Å². The molecule has 0 aliphatic carbocycles. The summed E-state index contributed by atoms with van der Waals surface area (Å²) in [4.78, 5) is 18.4. The van der Waals surface area contributed by atoms with Crippen LogP contribution in [0.1, 0.15) is 24.3 Å². The quantitative estimate of drug-likeness (QED) is 0.904. The lowest BCUT2D eigenvalue weighted by Crippen LogP contribution is -2.40. The number of amides is 1. The van der Waals surface area contributed by atoms with Crippen LogP contribution in [0, 0.1) is 0 Å². The number of nitrogens with zero attached hydrogens (tertiary/aromatic N) is 2. The van der Waals surface area contributed by atoms with Crippen LogP contribution in [0.3, 0.4) is 0 Å². The van der Waals surface area contributed by atoms with Gasteiger partial charge in [-0.05, 0) is 26.0 Å². The summed E-state index contributed by atoms with van der Waals surface area (Å²) < 4.78 is 0. The van der Waals surface area contributed by atoms with Crippen LogP contribution in [0.25, 0.3) is 10.9 Å². The van der Waals surface area contributed by atoms with Crippen molar-refractivity contribution in [3.63, 3.8) is 0 Å². The molecule has 1 amide bonds. The number of benzene rings is 1. The minimum Gasteiger partial charge on any atom is -0.389 e. The summed E-state index contributed by atoms with van der Waals surface area (Å²) in [5, 5.41) is 13.9. The molecule has 0 radical (unpaired) electrons. The fraction of sp³-hybridized carbons (Fsp3) is 0.375. The fourth-order valence-corrected chi connectivity index (χ4v) is 2.34. The van der Waals surface area contributed by atoms with E-state index < -0.39 is 5.60 Å². The van der Waals surface area contributed by atoms with E-state index in [2.05, 4.69) is 10.3 Å². The average molecular weight is 287 g/mol. The van der Waals surface area contributed by atoms with Crippen molar-refractivity contribution in [2.24, 2.45) is 0 Å². The second-order valence-electron chi connectivity index (χ2n) is 5.80. The number of rotatable bonds is 4. The predicted molar refractivity (Wildman–Crippen MR) is 84.5 cm³/mol. The molecule has 2 N–H and O–H groups in total. The van der Waals surface area contributed by atoms with E-state index >= 15 is 0 Å². The zero-order valence-electron chi connectivity index (χ0n) is 12.8. The van der Waals surface area contributed by atoms with Crippen molar-refractivity contribution in [1.29, 1.82) is 0 Å². The Labute approximate surface area is 124 Å². The second kappa shape index (κ2) is 5.69. The van der Waals surface area contributed by atoms with Crippen LogP contribution in [-0.2, 0) is 0 Å². The van der Waals surface area contributed by atoms with Crippen LogP contribution in [0.5, 0.6) is 0 Å². The third kappa shape index (κ3) is 3.49.